The maximum atomic E-state index is 4.97. The summed E-state index contributed by atoms with van der Waals surface area (Å²) >= 11 is 0. The van der Waals surface area contributed by atoms with Gasteiger partial charge in [0.1, 0.15) is 0 Å². The minimum atomic E-state index is 0.0648. The maximum Gasteiger partial charge on any atom is 0.0710 e. The second-order valence-corrected chi connectivity index (χ2v) is 11.2. The van der Waals surface area contributed by atoms with Crippen molar-refractivity contribution in [1.29, 1.82) is 0 Å². The molecule has 0 radical (unpaired) electrons. The second-order valence-electron chi connectivity index (χ2n) is 11.2. The van der Waals surface area contributed by atoms with Gasteiger partial charge in [0.2, 0.25) is 0 Å². The average Bonchev–Trinajstić information content (AvgIpc) is 3.30. The molecule has 0 N–H and O–H groups in total. The summed E-state index contributed by atoms with van der Waals surface area (Å²) in [6, 6.07) is 40.9. The van der Waals surface area contributed by atoms with Gasteiger partial charge in [-0.15, -0.1) is 0 Å². The fraction of sp³-hybridized carbons (Fsp3) is 0.111. The number of nitrogens with zero attached hydrogens (tertiary/aromatic N) is 3. The first-order chi connectivity index (χ1) is 19.0. The van der Waals surface area contributed by atoms with Gasteiger partial charge in [-0.05, 0) is 59.5 Å². The standard InChI is InChI=1S/C36H29N3/c1-36(2,3)27-19-20-37-33(23-27)25-10-8-11-28(21-25)39-34-14-7-5-12-29(34)30-17-15-26(22-35(30)39)32-18-16-24-9-4-6-13-31(24)38-32/h4-23H,1-3H3. The van der Waals surface area contributed by atoms with Gasteiger partial charge in [-0.2, -0.15) is 0 Å². The summed E-state index contributed by atoms with van der Waals surface area (Å²) in [5.41, 5.74) is 10.00. The van der Waals surface area contributed by atoms with E-state index in [4.69, 9.17) is 9.97 Å². The Morgan fingerprint density at radius 2 is 1.38 bits per heavy atom. The highest BCUT2D eigenvalue weighted by atomic mass is 15.0. The summed E-state index contributed by atoms with van der Waals surface area (Å²) in [5.74, 6) is 0. The van der Waals surface area contributed by atoms with Crippen LogP contribution in [-0.4, -0.2) is 14.5 Å². The van der Waals surface area contributed by atoms with E-state index < -0.39 is 0 Å². The molecule has 0 saturated carbocycles. The van der Waals surface area contributed by atoms with Crippen molar-refractivity contribution in [1.82, 2.24) is 14.5 Å². The Labute approximate surface area is 228 Å². The predicted octanol–water partition coefficient (Wildman–Crippen LogP) is 9.36. The normalized spacial score (nSPS) is 12.0. The van der Waals surface area contributed by atoms with Crippen LogP contribution in [0.25, 0.3) is 60.9 Å². The molecular weight excluding hydrogens is 474 g/mol. The molecule has 0 unspecified atom stereocenters. The molecule has 39 heavy (non-hydrogen) atoms. The Bertz CT molecular complexity index is 2010. The molecule has 3 heteroatoms. The Morgan fingerprint density at radius 1 is 0.590 bits per heavy atom. The number of hydrogen-bond acceptors (Lipinski definition) is 2. The SMILES string of the molecule is CC(C)(C)c1ccnc(-c2cccc(-n3c4ccccc4c4ccc(-c5ccc6ccccc6n5)cc43)c2)c1. The molecule has 0 fully saturated rings. The third kappa shape index (κ3) is 4.07. The number of para-hydroxylation sites is 2. The number of aromatic nitrogens is 3. The van der Waals surface area contributed by atoms with Gasteiger partial charge in [0.15, 0.2) is 0 Å². The highest BCUT2D eigenvalue weighted by Gasteiger charge is 2.17. The van der Waals surface area contributed by atoms with Crippen LogP contribution < -0.4 is 0 Å². The molecular formula is C36H29N3. The molecule has 0 spiro atoms. The van der Waals surface area contributed by atoms with E-state index >= 15 is 0 Å². The largest absolute Gasteiger partial charge is 0.309 e. The van der Waals surface area contributed by atoms with Gasteiger partial charge in [0.25, 0.3) is 0 Å². The fourth-order valence-electron chi connectivity index (χ4n) is 5.49. The van der Waals surface area contributed by atoms with Gasteiger partial charge in [-0.3, -0.25) is 4.98 Å². The quantitative estimate of drug-likeness (QED) is 0.240. The molecule has 3 nitrogen and oxygen atoms in total. The van der Waals surface area contributed by atoms with Crippen molar-refractivity contribution in [3.8, 4) is 28.2 Å². The molecule has 0 aliphatic heterocycles. The first-order valence-corrected chi connectivity index (χ1v) is 13.4. The monoisotopic (exact) mass is 503 g/mol. The predicted molar refractivity (Wildman–Crippen MR) is 163 cm³/mol. The number of rotatable bonds is 3. The molecule has 7 rings (SSSR count). The van der Waals surface area contributed by atoms with Crippen molar-refractivity contribution in [2.45, 2.75) is 26.2 Å². The van der Waals surface area contributed by atoms with Crippen molar-refractivity contribution in [3.05, 3.63) is 127 Å². The van der Waals surface area contributed by atoms with Crippen molar-refractivity contribution in [2.75, 3.05) is 0 Å². The second kappa shape index (κ2) is 8.92. The van der Waals surface area contributed by atoms with E-state index in [9.17, 15) is 0 Å². The van der Waals surface area contributed by atoms with Gasteiger partial charge in [0.05, 0.1) is 27.9 Å². The summed E-state index contributed by atoms with van der Waals surface area (Å²) in [4.78, 5) is 9.70. The van der Waals surface area contributed by atoms with Crippen molar-refractivity contribution >= 4 is 32.7 Å². The van der Waals surface area contributed by atoms with Crippen LogP contribution in [0.5, 0.6) is 0 Å². The lowest BCUT2D eigenvalue weighted by Crippen LogP contribution is -2.11. The number of hydrogen-bond donors (Lipinski definition) is 0. The third-order valence-corrected chi connectivity index (χ3v) is 7.59. The van der Waals surface area contributed by atoms with Crippen LogP contribution in [0.2, 0.25) is 0 Å². The third-order valence-electron chi connectivity index (χ3n) is 7.59. The molecule has 0 saturated heterocycles. The minimum absolute atomic E-state index is 0.0648. The molecule has 7 aromatic rings. The van der Waals surface area contributed by atoms with Crippen LogP contribution in [0.3, 0.4) is 0 Å². The highest BCUT2D eigenvalue weighted by molar-refractivity contribution is 6.10. The fourth-order valence-corrected chi connectivity index (χ4v) is 5.49. The first-order valence-electron chi connectivity index (χ1n) is 13.4. The lowest BCUT2D eigenvalue weighted by atomic mass is 9.87. The van der Waals surface area contributed by atoms with Gasteiger partial charge in [-0.1, -0.05) is 87.5 Å². The zero-order chi connectivity index (χ0) is 26.6. The lowest BCUT2D eigenvalue weighted by molar-refractivity contribution is 0.589. The molecule has 0 aliphatic carbocycles. The molecule has 188 valence electrons. The number of benzene rings is 4. The van der Waals surface area contributed by atoms with Crippen LogP contribution in [0, 0.1) is 0 Å². The number of fused-ring (bicyclic) bond motifs is 4. The van der Waals surface area contributed by atoms with Crippen LogP contribution in [0.15, 0.2) is 121 Å². The van der Waals surface area contributed by atoms with Gasteiger partial charge < -0.3 is 4.57 Å². The highest BCUT2D eigenvalue weighted by Crippen LogP contribution is 2.36. The van der Waals surface area contributed by atoms with Crippen molar-refractivity contribution in [2.24, 2.45) is 0 Å². The number of pyridine rings is 2. The van der Waals surface area contributed by atoms with Crippen molar-refractivity contribution < 1.29 is 0 Å². The van der Waals surface area contributed by atoms with E-state index in [2.05, 4.69) is 135 Å². The summed E-state index contributed by atoms with van der Waals surface area (Å²) in [6.07, 6.45) is 1.92. The summed E-state index contributed by atoms with van der Waals surface area (Å²) < 4.78 is 2.37. The van der Waals surface area contributed by atoms with Crippen LogP contribution in [0.1, 0.15) is 26.3 Å². The molecule has 0 bridgehead atoms. The van der Waals surface area contributed by atoms with Gasteiger partial charge >= 0.3 is 0 Å². The Kier molecular flexibility index (Phi) is 5.34. The summed E-state index contributed by atoms with van der Waals surface area (Å²) in [7, 11) is 0. The summed E-state index contributed by atoms with van der Waals surface area (Å²) in [5, 5.41) is 3.62. The lowest BCUT2D eigenvalue weighted by Gasteiger charge is -2.19. The molecule has 4 aromatic carbocycles. The molecule has 0 aliphatic rings. The molecule has 0 atom stereocenters. The first kappa shape index (κ1) is 23.4. The van der Waals surface area contributed by atoms with Gasteiger partial charge in [-0.25, -0.2) is 4.98 Å². The summed E-state index contributed by atoms with van der Waals surface area (Å²) in [6.45, 7) is 6.72. The van der Waals surface area contributed by atoms with E-state index in [0.717, 1.165) is 44.6 Å². The van der Waals surface area contributed by atoms with Crippen LogP contribution in [0.4, 0.5) is 0 Å². The topological polar surface area (TPSA) is 30.7 Å². The smallest absolute Gasteiger partial charge is 0.0710 e. The van der Waals surface area contributed by atoms with Crippen molar-refractivity contribution in [3.63, 3.8) is 0 Å². The van der Waals surface area contributed by atoms with E-state index in [0.29, 0.717) is 0 Å². The van der Waals surface area contributed by atoms with Crippen LogP contribution >= 0.6 is 0 Å². The Morgan fingerprint density at radius 3 is 2.28 bits per heavy atom. The van der Waals surface area contributed by atoms with E-state index in [1.165, 1.54) is 21.9 Å². The van der Waals surface area contributed by atoms with E-state index in [1.54, 1.807) is 0 Å². The van der Waals surface area contributed by atoms with Gasteiger partial charge in [0, 0.05) is 39.2 Å². The zero-order valence-electron chi connectivity index (χ0n) is 22.4. The minimum Gasteiger partial charge on any atom is -0.309 e. The Balaban J connectivity index is 1.42. The Hall–Kier alpha value is -4.76. The average molecular weight is 504 g/mol. The zero-order valence-corrected chi connectivity index (χ0v) is 22.4. The molecule has 3 aromatic heterocycles. The van der Waals surface area contributed by atoms with E-state index in [1.807, 2.05) is 12.3 Å². The van der Waals surface area contributed by atoms with E-state index in [-0.39, 0.29) is 5.41 Å². The molecule has 3 heterocycles. The van der Waals surface area contributed by atoms with Crippen LogP contribution in [-0.2, 0) is 5.41 Å². The molecule has 0 amide bonds. The maximum absolute atomic E-state index is 4.97.